The largest absolute Gasteiger partial charge is 0.370 e. The summed E-state index contributed by atoms with van der Waals surface area (Å²) < 4.78 is 14.9. The first-order valence-corrected chi connectivity index (χ1v) is 11.3. The molecule has 0 unspecified atom stereocenters. The van der Waals surface area contributed by atoms with Gasteiger partial charge in [-0.3, -0.25) is 23.9 Å². The fraction of sp³-hybridized carbons (Fsp3) is 0.320. The van der Waals surface area contributed by atoms with Gasteiger partial charge in [0.1, 0.15) is 17.9 Å². The summed E-state index contributed by atoms with van der Waals surface area (Å²) in [5.74, 6) is -3.40. The number of nitrogens with zero attached hydrogens (tertiary/aromatic N) is 2. The summed E-state index contributed by atoms with van der Waals surface area (Å²) in [5.41, 5.74) is 11.2. The fourth-order valence-corrected chi connectivity index (χ4v) is 3.73. The van der Waals surface area contributed by atoms with Crippen LogP contribution in [0.3, 0.4) is 0 Å². The average molecular weight is 497 g/mol. The zero-order valence-electron chi connectivity index (χ0n) is 20.2. The van der Waals surface area contributed by atoms with E-state index >= 15 is 0 Å². The van der Waals surface area contributed by atoms with Gasteiger partial charge in [-0.25, -0.2) is 4.39 Å². The van der Waals surface area contributed by atoms with Crippen molar-refractivity contribution in [1.82, 2.24) is 20.4 Å². The number of nitrogens with one attached hydrogen (secondary N) is 2. The number of primary amides is 2. The summed E-state index contributed by atoms with van der Waals surface area (Å²) in [5, 5.41) is 10.1. The highest BCUT2D eigenvalue weighted by atomic mass is 19.1. The number of hydrogen-bond donors (Lipinski definition) is 4. The van der Waals surface area contributed by atoms with E-state index in [1.807, 2.05) is 0 Å². The molecule has 36 heavy (non-hydrogen) atoms. The Balaban J connectivity index is 1.89. The van der Waals surface area contributed by atoms with E-state index in [2.05, 4.69) is 15.7 Å². The van der Waals surface area contributed by atoms with Crippen LogP contribution in [0.5, 0.6) is 0 Å². The molecular formula is C25H29FN6O4. The van der Waals surface area contributed by atoms with Gasteiger partial charge in [-0.2, -0.15) is 5.10 Å². The molecular weight excluding hydrogens is 467 g/mol. The van der Waals surface area contributed by atoms with Crippen molar-refractivity contribution in [3.8, 4) is 0 Å². The number of benzene rings is 2. The average Bonchev–Trinajstić information content (AvgIpc) is 3.15. The second-order valence-electron chi connectivity index (χ2n) is 9.56. The lowest BCUT2D eigenvalue weighted by atomic mass is 9.85. The molecule has 0 fully saturated rings. The monoisotopic (exact) mass is 496 g/mol. The summed E-state index contributed by atoms with van der Waals surface area (Å²) in [7, 11) is 0. The molecule has 0 radical (unpaired) electrons. The van der Waals surface area contributed by atoms with Crippen LogP contribution in [0.25, 0.3) is 10.9 Å². The van der Waals surface area contributed by atoms with E-state index in [0.29, 0.717) is 17.4 Å². The summed E-state index contributed by atoms with van der Waals surface area (Å²) in [6, 6.07) is 10.7. The third-order valence-corrected chi connectivity index (χ3v) is 5.59. The number of carbonyl (C=O) groups excluding carboxylic acids is 4. The Morgan fingerprint density at radius 3 is 2.22 bits per heavy atom. The van der Waals surface area contributed by atoms with Crippen molar-refractivity contribution >= 4 is 34.5 Å². The summed E-state index contributed by atoms with van der Waals surface area (Å²) in [4.78, 5) is 49.3. The fourth-order valence-electron chi connectivity index (χ4n) is 3.73. The molecule has 3 rings (SSSR count). The van der Waals surface area contributed by atoms with Gasteiger partial charge < -0.3 is 22.1 Å². The summed E-state index contributed by atoms with van der Waals surface area (Å²) in [6.07, 6.45) is -0.468. The predicted molar refractivity (Wildman–Crippen MR) is 131 cm³/mol. The first-order valence-electron chi connectivity index (χ1n) is 11.3. The Morgan fingerprint density at radius 2 is 1.64 bits per heavy atom. The first-order chi connectivity index (χ1) is 16.9. The van der Waals surface area contributed by atoms with Gasteiger partial charge in [-0.1, -0.05) is 51.1 Å². The van der Waals surface area contributed by atoms with Crippen LogP contribution in [-0.2, 0) is 20.9 Å². The molecule has 11 heteroatoms. The highest BCUT2D eigenvalue weighted by molar-refractivity contribution is 6.06. The van der Waals surface area contributed by atoms with Gasteiger partial charge in [0.25, 0.3) is 5.91 Å². The predicted octanol–water partition coefficient (Wildman–Crippen LogP) is 1.21. The molecule has 10 nitrogen and oxygen atoms in total. The van der Waals surface area contributed by atoms with Crippen molar-refractivity contribution < 1.29 is 23.6 Å². The van der Waals surface area contributed by atoms with Gasteiger partial charge in [0.2, 0.25) is 17.7 Å². The van der Waals surface area contributed by atoms with Gasteiger partial charge in [0.05, 0.1) is 18.5 Å². The van der Waals surface area contributed by atoms with Gasteiger partial charge in [0, 0.05) is 5.39 Å². The second-order valence-corrected chi connectivity index (χ2v) is 9.56. The van der Waals surface area contributed by atoms with E-state index in [9.17, 15) is 23.6 Å². The van der Waals surface area contributed by atoms with Crippen LogP contribution < -0.4 is 22.1 Å². The third kappa shape index (κ3) is 6.23. The first kappa shape index (κ1) is 26.3. The molecule has 6 N–H and O–H groups in total. The molecule has 190 valence electrons. The van der Waals surface area contributed by atoms with Gasteiger partial charge >= 0.3 is 0 Å². The molecule has 0 saturated carbocycles. The molecule has 4 amide bonds. The molecule has 3 aromatic rings. The van der Waals surface area contributed by atoms with Crippen molar-refractivity contribution in [2.24, 2.45) is 16.9 Å². The summed E-state index contributed by atoms with van der Waals surface area (Å²) >= 11 is 0. The van der Waals surface area contributed by atoms with Crippen molar-refractivity contribution in [2.45, 2.75) is 45.8 Å². The zero-order valence-corrected chi connectivity index (χ0v) is 20.2. The minimum absolute atomic E-state index is 0.0957. The molecule has 1 aromatic heterocycles. The number of amides is 4. The Morgan fingerprint density at radius 1 is 1.00 bits per heavy atom. The Hall–Kier alpha value is -4.28. The number of halogens is 1. The van der Waals surface area contributed by atoms with E-state index in [0.717, 1.165) is 5.56 Å². The standard InChI is InChI=1S/C25H29FN6O4/c1-25(2,3)21(24(36)29-17(22(28)34)12-19(27)33)30-23(35)20-16-6-4-5-7-18(16)32(31-20)13-14-8-10-15(26)11-9-14/h4-11,17,21H,12-13H2,1-3H3,(H2,27,33)(H2,28,34)(H,29,36)(H,30,35)/t17-,21+/m0/s1. The minimum atomic E-state index is -1.31. The number of fused-ring (bicyclic) bond motifs is 1. The number of nitrogens with two attached hydrogens (primary N) is 2. The van der Waals surface area contributed by atoms with E-state index in [-0.39, 0.29) is 11.5 Å². The number of hydrogen-bond acceptors (Lipinski definition) is 5. The molecule has 0 aliphatic heterocycles. The van der Waals surface area contributed by atoms with E-state index in [1.165, 1.54) is 12.1 Å². The van der Waals surface area contributed by atoms with E-state index < -0.39 is 47.5 Å². The van der Waals surface area contributed by atoms with E-state index in [1.54, 1.807) is 61.9 Å². The number of para-hydroxylation sites is 1. The maximum Gasteiger partial charge on any atom is 0.273 e. The Kier molecular flexibility index (Phi) is 7.71. The van der Waals surface area contributed by atoms with Crippen molar-refractivity contribution in [1.29, 1.82) is 0 Å². The maximum absolute atomic E-state index is 13.3. The molecule has 0 saturated heterocycles. The highest BCUT2D eigenvalue weighted by Crippen LogP contribution is 2.23. The smallest absolute Gasteiger partial charge is 0.273 e. The topological polar surface area (TPSA) is 162 Å². The third-order valence-electron chi connectivity index (χ3n) is 5.59. The minimum Gasteiger partial charge on any atom is -0.370 e. The van der Waals surface area contributed by atoms with Crippen LogP contribution in [0.2, 0.25) is 0 Å². The van der Waals surface area contributed by atoms with Gasteiger partial charge in [-0.05, 0) is 29.2 Å². The molecule has 0 aliphatic rings. The molecule has 2 atom stereocenters. The normalized spacial score (nSPS) is 13.1. The highest BCUT2D eigenvalue weighted by Gasteiger charge is 2.36. The number of aromatic nitrogens is 2. The van der Waals surface area contributed by atoms with Crippen molar-refractivity contribution in [3.63, 3.8) is 0 Å². The van der Waals surface area contributed by atoms with E-state index in [4.69, 9.17) is 11.5 Å². The number of carbonyl (C=O) groups is 4. The lowest BCUT2D eigenvalue weighted by Crippen LogP contribution is -2.57. The summed E-state index contributed by atoms with van der Waals surface area (Å²) in [6.45, 7) is 5.49. The van der Waals surface area contributed by atoms with Crippen molar-refractivity contribution in [3.05, 3.63) is 65.6 Å². The molecule has 2 aromatic carbocycles. The lowest BCUT2D eigenvalue weighted by molar-refractivity contribution is -0.131. The quantitative estimate of drug-likeness (QED) is 0.349. The second kappa shape index (κ2) is 10.5. The van der Waals surface area contributed by atoms with Crippen LogP contribution in [0.15, 0.2) is 48.5 Å². The van der Waals surface area contributed by atoms with Crippen LogP contribution >= 0.6 is 0 Å². The molecule has 0 spiro atoms. The maximum atomic E-state index is 13.3. The lowest BCUT2D eigenvalue weighted by Gasteiger charge is -2.31. The number of rotatable bonds is 9. The zero-order chi connectivity index (χ0) is 26.6. The molecule has 0 bridgehead atoms. The van der Waals surface area contributed by atoms with Crippen LogP contribution in [0.1, 0.15) is 43.2 Å². The Labute approximate surface area is 207 Å². The van der Waals surface area contributed by atoms with Crippen LogP contribution in [0, 0.1) is 11.2 Å². The van der Waals surface area contributed by atoms with Gasteiger partial charge in [-0.15, -0.1) is 0 Å². The molecule has 1 heterocycles. The molecule has 0 aliphatic carbocycles. The van der Waals surface area contributed by atoms with Crippen LogP contribution in [0.4, 0.5) is 4.39 Å². The van der Waals surface area contributed by atoms with Crippen LogP contribution in [-0.4, -0.2) is 45.5 Å². The Bertz CT molecular complexity index is 1300. The van der Waals surface area contributed by atoms with Crippen molar-refractivity contribution in [2.75, 3.05) is 0 Å². The van der Waals surface area contributed by atoms with Gasteiger partial charge in [0.15, 0.2) is 5.69 Å². The SMILES string of the molecule is CC(C)(C)[C@H](NC(=O)c1nn(Cc2ccc(F)cc2)c2ccccc12)C(=O)N[C@@H](CC(N)=O)C(N)=O.